The van der Waals surface area contributed by atoms with Gasteiger partial charge in [0.15, 0.2) is 0 Å². The van der Waals surface area contributed by atoms with Gasteiger partial charge in [-0.1, -0.05) is 12.1 Å². The van der Waals surface area contributed by atoms with Crippen molar-refractivity contribution in [2.24, 2.45) is 0 Å². The Morgan fingerprint density at radius 3 is 2.62 bits per heavy atom. The fourth-order valence-electron chi connectivity index (χ4n) is 3.27. The molecule has 3 amide bonds. The van der Waals surface area contributed by atoms with Crippen molar-refractivity contribution >= 4 is 17.7 Å². The minimum absolute atomic E-state index is 0.0245. The summed E-state index contributed by atoms with van der Waals surface area (Å²) in [7, 11) is 0. The van der Waals surface area contributed by atoms with E-state index in [1.165, 1.54) is 12.5 Å². The summed E-state index contributed by atoms with van der Waals surface area (Å²) in [4.78, 5) is 38.6. The monoisotopic (exact) mass is 399 g/mol. The predicted octanol–water partition coefficient (Wildman–Crippen LogP) is 1.83. The summed E-state index contributed by atoms with van der Waals surface area (Å²) in [5, 5.41) is 5.55. The third-order valence-electron chi connectivity index (χ3n) is 4.76. The number of hydrogen-bond donors (Lipinski definition) is 2. The van der Waals surface area contributed by atoms with Crippen molar-refractivity contribution in [2.45, 2.75) is 25.8 Å². The molecule has 2 aromatic rings. The van der Waals surface area contributed by atoms with Gasteiger partial charge >= 0.3 is 0 Å². The lowest BCUT2D eigenvalue weighted by Gasteiger charge is -2.32. The third kappa shape index (κ3) is 5.37. The summed E-state index contributed by atoms with van der Waals surface area (Å²) in [6.07, 6.45) is 4.23. The Balaban J connectivity index is 1.42. The van der Waals surface area contributed by atoms with E-state index in [4.69, 9.17) is 9.15 Å². The second kappa shape index (κ2) is 9.77. The van der Waals surface area contributed by atoms with E-state index in [0.29, 0.717) is 49.4 Å². The summed E-state index contributed by atoms with van der Waals surface area (Å²) < 4.78 is 10.4. The quantitative estimate of drug-likeness (QED) is 0.740. The summed E-state index contributed by atoms with van der Waals surface area (Å²) in [5.41, 5.74) is 0.927. The van der Waals surface area contributed by atoms with Crippen LogP contribution in [0, 0.1) is 0 Å². The summed E-state index contributed by atoms with van der Waals surface area (Å²) in [6, 6.07) is 8.53. The smallest absolute Gasteiger partial charge is 0.257 e. The van der Waals surface area contributed by atoms with E-state index in [1.807, 2.05) is 6.92 Å². The molecule has 8 nitrogen and oxygen atoms in total. The lowest BCUT2D eigenvalue weighted by atomic mass is 10.0. The highest BCUT2D eigenvalue weighted by Crippen LogP contribution is 2.17. The first-order valence-electron chi connectivity index (χ1n) is 9.69. The van der Waals surface area contributed by atoms with Crippen LogP contribution < -0.4 is 15.4 Å². The summed E-state index contributed by atoms with van der Waals surface area (Å²) in [6.45, 7) is 3.29. The van der Waals surface area contributed by atoms with Crippen molar-refractivity contribution in [2.75, 3.05) is 26.2 Å². The third-order valence-corrected chi connectivity index (χ3v) is 4.76. The molecule has 1 aromatic heterocycles. The van der Waals surface area contributed by atoms with Gasteiger partial charge < -0.3 is 24.7 Å². The fraction of sp³-hybridized carbons (Fsp3) is 0.381. The standard InChI is InChI=1S/C21H25N3O5/c1-2-29-18-6-4-3-5-17(18)20(26)22-13-19(25)23-16-7-10-24(11-8-16)21(27)15-9-12-28-14-15/h3-6,9,12,14,16H,2,7-8,10-11,13H2,1H3,(H,22,26)(H,23,25). The first kappa shape index (κ1) is 20.4. The van der Waals surface area contributed by atoms with E-state index in [9.17, 15) is 14.4 Å². The van der Waals surface area contributed by atoms with Gasteiger partial charge in [0.25, 0.3) is 11.8 Å². The maximum Gasteiger partial charge on any atom is 0.257 e. The lowest BCUT2D eigenvalue weighted by Crippen LogP contribution is -2.48. The zero-order valence-electron chi connectivity index (χ0n) is 16.3. The average molecular weight is 399 g/mol. The molecule has 0 atom stereocenters. The fourth-order valence-corrected chi connectivity index (χ4v) is 3.27. The molecule has 2 N–H and O–H groups in total. The normalized spacial score (nSPS) is 14.3. The van der Waals surface area contributed by atoms with Crippen LogP contribution in [0.3, 0.4) is 0 Å². The van der Waals surface area contributed by atoms with E-state index in [0.717, 1.165) is 0 Å². The first-order valence-corrected chi connectivity index (χ1v) is 9.69. The summed E-state index contributed by atoms with van der Waals surface area (Å²) in [5.74, 6) is -0.192. The number of hydrogen-bond acceptors (Lipinski definition) is 5. The van der Waals surface area contributed by atoms with Crippen LogP contribution in [-0.2, 0) is 4.79 Å². The zero-order chi connectivity index (χ0) is 20.6. The molecule has 1 aromatic carbocycles. The molecular weight excluding hydrogens is 374 g/mol. The molecule has 1 aliphatic heterocycles. The number of piperidine rings is 1. The molecule has 0 unspecified atom stereocenters. The van der Waals surface area contributed by atoms with E-state index in [-0.39, 0.29) is 30.3 Å². The highest BCUT2D eigenvalue weighted by Gasteiger charge is 2.25. The van der Waals surface area contributed by atoms with Gasteiger partial charge in [0.05, 0.1) is 30.5 Å². The minimum atomic E-state index is -0.357. The Labute approximate surface area is 169 Å². The number of likely N-dealkylation sites (tertiary alicyclic amines) is 1. The second-order valence-electron chi connectivity index (χ2n) is 6.76. The van der Waals surface area contributed by atoms with E-state index < -0.39 is 0 Å². The Bertz CT molecular complexity index is 842. The van der Waals surface area contributed by atoms with Gasteiger partial charge in [-0.2, -0.15) is 0 Å². The number of carbonyl (C=O) groups is 3. The van der Waals surface area contributed by atoms with Crippen molar-refractivity contribution in [3.63, 3.8) is 0 Å². The van der Waals surface area contributed by atoms with Crippen LogP contribution in [0.4, 0.5) is 0 Å². The molecule has 0 bridgehead atoms. The highest BCUT2D eigenvalue weighted by atomic mass is 16.5. The van der Waals surface area contributed by atoms with Gasteiger partial charge in [-0.05, 0) is 38.0 Å². The van der Waals surface area contributed by atoms with Gasteiger partial charge in [0, 0.05) is 19.1 Å². The molecule has 3 rings (SSSR count). The molecule has 29 heavy (non-hydrogen) atoms. The molecule has 1 aliphatic rings. The van der Waals surface area contributed by atoms with E-state index >= 15 is 0 Å². The molecule has 8 heteroatoms. The number of amides is 3. The van der Waals surface area contributed by atoms with Crippen LogP contribution in [-0.4, -0.2) is 54.9 Å². The zero-order valence-corrected chi connectivity index (χ0v) is 16.3. The maximum atomic E-state index is 12.3. The predicted molar refractivity (Wildman–Crippen MR) is 106 cm³/mol. The van der Waals surface area contributed by atoms with Gasteiger partial charge in [-0.3, -0.25) is 14.4 Å². The van der Waals surface area contributed by atoms with Crippen LogP contribution in [0.25, 0.3) is 0 Å². The topological polar surface area (TPSA) is 101 Å². The molecule has 0 spiro atoms. The minimum Gasteiger partial charge on any atom is -0.493 e. The number of para-hydroxylation sites is 1. The van der Waals surface area contributed by atoms with Crippen molar-refractivity contribution in [1.29, 1.82) is 0 Å². The van der Waals surface area contributed by atoms with Crippen LogP contribution >= 0.6 is 0 Å². The van der Waals surface area contributed by atoms with Crippen molar-refractivity contribution in [3.05, 3.63) is 54.0 Å². The Hall–Kier alpha value is -3.29. The van der Waals surface area contributed by atoms with Crippen molar-refractivity contribution in [3.8, 4) is 5.75 Å². The van der Waals surface area contributed by atoms with Crippen LogP contribution in [0.5, 0.6) is 5.75 Å². The van der Waals surface area contributed by atoms with Gasteiger partial charge in [-0.25, -0.2) is 0 Å². The molecule has 0 aliphatic carbocycles. The second-order valence-corrected chi connectivity index (χ2v) is 6.76. The maximum absolute atomic E-state index is 12.3. The van der Waals surface area contributed by atoms with Crippen molar-refractivity contribution in [1.82, 2.24) is 15.5 Å². The molecule has 1 fully saturated rings. The number of benzene rings is 1. The molecule has 2 heterocycles. The number of carbonyl (C=O) groups excluding carboxylic acids is 3. The largest absolute Gasteiger partial charge is 0.493 e. The lowest BCUT2D eigenvalue weighted by molar-refractivity contribution is -0.121. The number of nitrogens with one attached hydrogen (secondary N) is 2. The molecule has 0 radical (unpaired) electrons. The number of ether oxygens (including phenoxy) is 1. The average Bonchev–Trinajstić information content (AvgIpc) is 3.28. The number of furan rings is 1. The van der Waals surface area contributed by atoms with Crippen molar-refractivity contribution < 1.29 is 23.5 Å². The van der Waals surface area contributed by atoms with Crippen LogP contribution in [0.1, 0.15) is 40.5 Å². The van der Waals surface area contributed by atoms with Crippen LogP contribution in [0.2, 0.25) is 0 Å². The first-order chi connectivity index (χ1) is 14.1. The molecule has 1 saturated heterocycles. The SMILES string of the molecule is CCOc1ccccc1C(=O)NCC(=O)NC1CCN(C(=O)c2ccoc2)CC1. The number of nitrogens with zero attached hydrogens (tertiary/aromatic N) is 1. The molecular formula is C21H25N3O5. The molecule has 154 valence electrons. The van der Waals surface area contributed by atoms with Gasteiger partial charge in [-0.15, -0.1) is 0 Å². The molecule has 0 saturated carbocycles. The van der Waals surface area contributed by atoms with Crippen LogP contribution in [0.15, 0.2) is 47.3 Å². The Kier molecular flexibility index (Phi) is 6.89. The Morgan fingerprint density at radius 1 is 1.17 bits per heavy atom. The van der Waals surface area contributed by atoms with E-state index in [2.05, 4.69) is 10.6 Å². The van der Waals surface area contributed by atoms with E-state index in [1.54, 1.807) is 35.2 Å². The van der Waals surface area contributed by atoms with Gasteiger partial charge in [0.1, 0.15) is 12.0 Å². The van der Waals surface area contributed by atoms with Gasteiger partial charge in [0.2, 0.25) is 5.91 Å². The number of rotatable bonds is 7. The summed E-state index contributed by atoms with van der Waals surface area (Å²) >= 11 is 0. The highest BCUT2D eigenvalue weighted by molar-refractivity contribution is 5.98. The Morgan fingerprint density at radius 2 is 1.93 bits per heavy atom.